The van der Waals surface area contributed by atoms with Crippen molar-refractivity contribution in [2.24, 2.45) is 0 Å². The summed E-state index contributed by atoms with van der Waals surface area (Å²) in [7, 11) is 0. The fourth-order valence-corrected chi connectivity index (χ4v) is 4.04. The molecule has 1 aromatic carbocycles. The molecule has 0 amide bonds. The van der Waals surface area contributed by atoms with Gasteiger partial charge in [0.25, 0.3) is 0 Å². The Morgan fingerprint density at radius 3 is 3.05 bits per heavy atom. The average Bonchev–Trinajstić information content (AvgIpc) is 2.96. The highest BCUT2D eigenvalue weighted by Crippen LogP contribution is 2.27. The smallest absolute Gasteiger partial charge is 0.0705 e. The van der Waals surface area contributed by atoms with Crippen LogP contribution in [0.5, 0.6) is 0 Å². The minimum absolute atomic E-state index is 0.664. The monoisotopic (exact) mass is 281 g/mol. The third kappa shape index (κ3) is 2.56. The number of piperidine rings is 1. The van der Waals surface area contributed by atoms with E-state index in [9.17, 15) is 0 Å². The van der Waals surface area contributed by atoms with Gasteiger partial charge in [0.15, 0.2) is 0 Å². The molecule has 2 aromatic rings. The molecule has 4 rings (SSSR count). The van der Waals surface area contributed by atoms with Crippen LogP contribution in [-0.4, -0.2) is 35.1 Å². The van der Waals surface area contributed by atoms with Crippen LogP contribution in [0.3, 0.4) is 0 Å². The number of fused-ring (bicyclic) bond motifs is 2. The van der Waals surface area contributed by atoms with E-state index in [4.69, 9.17) is 0 Å². The highest BCUT2D eigenvalue weighted by Gasteiger charge is 2.34. The highest BCUT2D eigenvalue weighted by molar-refractivity contribution is 5.81. The minimum atomic E-state index is 0.664. The van der Waals surface area contributed by atoms with Gasteiger partial charge in [0.05, 0.1) is 5.52 Å². The Morgan fingerprint density at radius 1 is 1.10 bits per heavy atom. The van der Waals surface area contributed by atoms with Crippen molar-refractivity contribution >= 4 is 10.9 Å². The summed E-state index contributed by atoms with van der Waals surface area (Å²) in [5, 5.41) is 5.10. The van der Waals surface area contributed by atoms with Gasteiger partial charge in [-0.1, -0.05) is 24.6 Å². The number of rotatable bonds is 3. The van der Waals surface area contributed by atoms with Crippen LogP contribution in [0.1, 0.15) is 31.2 Å². The summed E-state index contributed by atoms with van der Waals surface area (Å²) in [4.78, 5) is 7.14. The van der Waals surface area contributed by atoms with Gasteiger partial charge in [-0.25, -0.2) is 0 Å². The van der Waals surface area contributed by atoms with Crippen molar-refractivity contribution in [2.75, 3.05) is 13.1 Å². The van der Waals surface area contributed by atoms with Crippen LogP contribution in [0.25, 0.3) is 10.9 Å². The van der Waals surface area contributed by atoms with E-state index in [0.717, 1.165) is 18.1 Å². The number of aromatic nitrogens is 1. The SMILES string of the molecule is c1ccc2c(CNC3CCN4CCCCC34)ccnc2c1. The summed E-state index contributed by atoms with van der Waals surface area (Å²) >= 11 is 0. The summed E-state index contributed by atoms with van der Waals surface area (Å²) in [5.74, 6) is 0. The maximum absolute atomic E-state index is 4.45. The van der Waals surface area contributed by atoms with Gasteiger partial charge in [0, 0.05) is 36.8 Å². The predicted molar refractivity (Wildman–Crippen MR) is 86.2 cm³/mol. The van der Waals surface area contributed by atoms with Crippen LogP contribution in [0.2, 0.25) is 0 Å². The second kappa shape index (κ2) is 5.74. The largest absolute Gasteiger partial charge is 0.308 e. The zero-order chi connectivity index (χ0) is 14.1. The van der Waals surface area contributed by atoms with Crippen LogP contribution in [0.15, 0.2) is 36.5 Å². The Bertz CT molecular complexity index is 619. The van der Waals surface area contributed by atoms with Crippen molar-refractivity contribution in [1.29, 1.82) is 0 Å². The first kappa shape index (κ1) is 13.2. The number of nitrogens with zero attached hydrogens (tertiary/aromatic N) is 2. The molecule has 1 aromatic heterocycles. The fraction of sp³-hybridized carbons (Fsp3) is 0.500. The van der Waals surface area contributed by atoms with Crippen LogP contribution in [0, 0.1) is 0 Å². The van der Waals surface area contributed by atoms with Crippen molar-refractivity contribution in [2.45, 2.75) is 44.3 Å². The molecule has 3 nitrogen and oxygen atoms in total. The molecular weight excluding hydrogens is 258 g/mol. The number of benzene rings is 1. The minimum Gasteiger partial charge on any atom is -0.308 e. The maximum Gasteiger partial charge on any atom is 0.0705 e. The van der Waals surface area contributed by atoms with E-state index in [2.05, 4.69) is 45.5 Å². The second-order valence-electron chi connectivity index (χ2n) is 6.36. The zero-order valence-electron chi connectivity index (χ0n) is 12.5. The molecule has 0 spiro atoms. The van der Waals surface area contributed by atoms with Crippen molar-refractivity contribution in [3.05, 3.63) is 42.1 Å². The molecule has 2 aliphatic heterocycles. The molecule has 0 aliphatic carbocycles. The van der Waals surface area contributed by atoms with E-state index in [0.29, 0.717) is 6.04 Å². The third-order valence-electron chi connectivity index (χ3n) is 5.15. The normalized spacial score (nSPS) is 26.1. The summed E-state index contributed by atoms with van der Waals surface area (Å²) in [6.07, 6.45) is 7.39. The van der Waals surface area contributed by atoms with Gasteiger partial charge in [0.1, 0.15) is 0 Å². The first-order chi connectivity index (χ1) is 10.4. The lowest BCUT2D eigenvalue weighted by atomic mass is 9.98. The molecule has 21 heavy (non-hydrogen) atoms. The van der Waals surface area contributed by atoms with Crippen molar-refractivity contribution in [3.63, 3.8) is 0 Å². The summed E-state index contributed by atoms with van der Waals surface area (Å²) in [6, 6.07) is 12.0. The number of pyridine rings is 1. The van der Waals surface area contributed by atoms with Crippen molar-refractivity contribution in [1.82, 2.24) is 15.2 Å². The van der Waals surface area contributed by atoms with Crippen LogP contribution < -0.4 is 5.32 Å². The lowest BCUT2D eigenvalue weighted by molar-refractivity contribution is 0.180. The molecule has 0 radical (unpaired) electrons. The maximum atomic E-state index is 4.45. The molecule has 0 bridgehead atoms. The summed E-state index contributed by atoms with van der Waals surface area (Å²) < 4.78 is 0. The van der Waals surface area contributed by atoms with E-state index in [1.54, 1.807) is 0 Å². The fourth-order valence-electron chi connectivity index (χ4n) is 4.04. The second-order valence-corrected chi connectivity index (χ2v) is 6.36. The molecule has 2 unspecified atom stereocenters. The van der Waals surface area contributed by atoms with Gasteiger partial charge in [-0.05, 0) is 43.5 Å². The number of hydrogen-bond donors (Lipinski definition) is 1. The van der Waals surface area contributed by atoms with Crippen molar-refractivity contribution in [3.8, 4) is 0 Å². The van der Waals surface area contributed by atoms with Crippen molar-refractivity contribution < 1.29 is 0 Å². The first-order valence-electron chi connectivity index (χ1n) is 8.22. The van der Waals surface area contributed by atoms with E-state index in [-0.39, 0.29) is 0 Å². The lowest BCUT2D eigenvalue weighted by Gasteiger charge is -2.32. The van der Waals surface area contributed by atoms with E-state index < -0.39 is 0 Å². The quantitative estimate of drug-likeness (QED) is 0.937. The van der Waals surface area contributed by atoms with Crippen LogP contribution in [-0.2, 0) is 6.54 Å². The standard InChI is InChI=1S/C18H23N3/c1-2-6-16-15(5-1)14(8-10-19-16)13-20-17-9-12-21-11-4-3-7-18(17)21/h1-2,5-6,8,10,17-18,20H,3-4,7,9,11-13H2. The van der Waals surface area contributed by atoms with E-state index in [1.165, 1.54) is 49.7 Å². The molecule has 2 aliphatic rings. The van der Waals surface area contributed by atoms with Gasteiger partial charge >= 0.3 is 0 Å². The number of nitrogens with one attached hydrogen (secondary N) is 1. The molecular formula is C18H23N3. The zero-order valence-corrected chi connectivity index (χ0v) is 12.5. The number of hydrogen-bond acceptors (Lipinski definition) is 3. The van der Waals surface area contributed by atoms with Crippen LogP contribution >= 0.6 is 0 Å². The Kier molecular flexibility index (Phi) is 3.62. The molecule has 2 atom stereocenters. The van der Waals surface area contributed by atoms with E-state index in [1.807, 2.05) is 6.20 Å². The third-order valence-corrected chi connectivity index (χ3v) is 5.15. The molecule has 2 fully saturated rings. The van der Waals surface area contributed by atoms with Crippen LogP contribution in [0.4, 0.5) is 0 Å². The van der Waals surface area contributed by atoms with Gasteiger partial charge < -0.3 is 5.32 Å². The van der Waals surface area contributed by atoms with Gasteiger partial charge in [-0.15, -0.1) is 0 Å². The van der Waals surface area contributed by atoms with E-state index >= 15 is 0 Å². The first-order valence-corrected chi connectivity index (χ1v) is 8.22. The molecule has 3 heteroatoms. The molecule has 110 valence electrons. The topological polar surface area (TPSA) is 28.2 Å². The predicted octanol–water partition coefficient (Wildman–Crippen LogP) is 2.95. The summed E-state index contributed by atoms with van der Waals surface area (Å²) in [6.45, 7) is 3.54. The van der Waals surface area contributed by atoms with Gasteiger partial charge in [-0.3, -0.25) is 9.88 Å². The number of para-hydroxylation sites is 1. The Balaban J connectivity index is 1.49. The Hall–Kier alpha value is -1.45. The highest BCUT2D eigenvalue weighted by atomic mass is 15.2. The molecule has 3 heterocycles. The molecule has 0 saturated carbocycles. The Morgan fingerprint density at radius 2 is 2.05 bits per heavy atom. The van der Waals surface area contributed by atoms with Gasteiger partial charge in [0.2, 0.25) is 0 Å². The lowest BCUT2D eigenvalue weighted by Crippen LogP contribution is -2.44. The molecule has 2 saturated heterocycles. The average molecular weight is 281 g/mol. The van der Waals surface area contributed by atoms with Gasteiger partial charge in [-0.2, -0.15) is 0 Å². The summed E-state index contributed by atoms with van der Waals surface area (Å²) in [5.41, 5.74) is 2.47. The Labute approximate surface area is 126 Å². The molecule has 1 N–H and O–H groups in total.